The number of anilines is 1. The lowest BCUT2D eigenvalue weighted by Gasteiger charge is -2.34. The Morgan fingerprint density at radius 2 is 1.87 bits per heavy atom. The van der Waals surface area contributed by atoms with E-state index in [-0.39, 0.29) is 0 Å². The van der Waals surface area contributed by atoms with Crippen LogP contribution in [0, 0.1) is 11.3 Å². The van der Waals surface area contributed by atoms with Crippen molar-refractivity contribution in [2.45, 2.75) is 31.4 Å². The summed E-state index contributed by atoms with van der Waals surface area (Å²) in [4.78, 5) is 6.50. The van der Waals surface area contributed by atoms with E-state index in [4.69, 9.17) is 0 Å². The molecule has 0 radical (unpaired) electrons. The van der Waals surface area contributed by atoms with E-state index >= 15 is 0 Å². The second kappa shape index (κ2) is 8.23. The number of pyridine rings is 1. The molecule has 4 nitrogen and oxygen atoms in total. The van der Waals surface area contributed by atoms with Gasteiger partial charge in [-0.3, -0.25) is 4.40 Å². The highest BCUT2D eigenvalue weighted by molar-refractivity contribution is 5.72. The summed E-state index contributed by atoms with van der Waals surface area (Å²) in [6, 6.07) is 14.6. The molecule has 0 unspecified atom stereocenters. The monoisotopic (exact) mass is 410 g/mol. The molecule has 0 atom stereocenters. The lowest BCUT2D eigenvalue weighted by molar-refractivity contribution is -0.124. The van der Waals surface area contributed by atoms with Crippen LogP contribution in [0.4, 0.5) is 18.9 Å². The Kier molecular flexibility index (Phi) is 5.49. The van der Waals surface area contributed by atoms with Crippen LogP contribution in [0.5, 0.6) is 0 Å². The third-order valence-electron chi connectivity index (χ3n) is 5.54. The van der Waals surface area contributed by atoms with E-state index in [1.807, 2.05) is 12.1 Å². The zero-order chi connectivity index (χ0) is 21.1. The van der Waals surface area contributed by atoms with E-state index in [2.05, 4.69) is 40.2 Å². The Bertz CT molecular complexity index is 1090. The normalized spacial score (nSPS) is 15.7. The number of fused-ring (bicyclic) bond motifs is 1. The predicted molar refractivity (Wildman–Crippen MR) is 110 cm³/mol. The Balaban J connectivity index is 1.55. The number of hydrogen-bond acceptors (Lipinski definition) is 3. The maximum atomic E-state index is 12.4. The first-order valence-corrected chi connectivity index (χ1v) is 9.89. The summed E-state index contributed by atoms with van der Waals surface area (Å²) in [7, 11) is 0. The zero-order valence-electron chi connectivity index (χ0n) is 16.3. The van der Waals surface area contributed by atoms with Gasteiger partial charge in [-0.1, -0.05) is 36.4 Å². The maximum absolute atomic E-state index is 12.4. The van der Waals surface area contributed by atoms with Crippen LogP contribution in [0.25, 0.3) is 11.7 Å². The lowest BCUT2D eigenvalue weighted by atomic mass is 9.89. The number of hydrogen-bond donors (Lipinski definition) is 0. The van der Waals surface area contributed by atoms with Gasteiger partial charge in [0.2, 0.25) is 0 Å². The highest BCUT2D eigenvalue weighted by Crippen LogP contribution is 2.33. The van der Waals surface area contributed by atoms with Crippen molar-refractivity contribution in [3.05, 3.63) is 71.7 Å². The van der Waals surface area contributed by atoms with Crippen molar-refractivity contribution in [1.29, 1.82) is 5.26 Å². The minimum absolute atomic E-state index is 0.450. The van der Waals surface area contributed by atoms with Crippen LogP contribution >= 0.6 is 0 Å². The van der Waals surface area contributed by atoms with E-state index in [0.717, 1.165) is 37.7 Å². The van der Waals surface area contributed by atoms with Crippen LogP contribution in [-0.4, -0.2) is 28.7 Å². The van der Waals surface area contributed by atoms with Gasteiger partial charge in [-0.05, 0) is 36.5 Å². The van der Waals surface area contributed by atoms with Crippen LogP contribution in [0.15, 0.2) is 54.9 Å². The molecule has 3 heterocycles. The first-order valence-electron chi connectivity index (χ1n) is 9.89. The maximum Gasteiger partial charge on any atom is 0.392 e. The summed E-state index contributed by atoms with van der Waals surface area (Å²) in [6.45, 7) is 1.67. The van der Waals surface area contributed by atoms with E-state index in [0.29, 0.717) is 22.8 Å². The predicted octanol–water partition coefficient (Wildman–Crippen LogP) is 5.56. The first-order chi connectivity index (χ1) is 14.5. The fourth-order valence-corrected chi connectivity index (χ4v) is 4.05. The van der Waals surface area contributed by atoms with E-state index < -0.39 is 12.6 Å². The number of benzene rings is 1. The summed E-state index contributed by atoms with van der Waals surface area (Å²) < 4.78 is 38.8. The van der Waals surface area contributed by atoms with Gasteiger partial charge in [-0.2, -0.15) is 18.4 Å². The van der Waals surface area contributed by atoms with Gasteiger partial charge < -0.3 is 4.90 Å². The van der Waals surface area contributed by atoms with Gasteiger partial charge in [0, 0.05) is 19.3 Å². The van der Waals surface area contributed by atoms with Crippen LogP contribution < -0.4 is 4.90 Å². The number of rotatable bonds is 4. The largest absolute Gasteiger partial charge is 0.392 e. The average molecular weight is 410 g/mol. The molecular formula is C23H21F3N4. The second-order valence-corrected chi connectivity index (χ2v) is 7.46. The van der Waals surface area contributed by atoms with Gasteiger partial charge in [-0.25, -0.2) is 4.98 Å². The summed E-state index contributed by atoms with van der Waals surface area (Å²) >= 11 is 0. The van der Waals surface area contributed by atoms with Crippen LogP contribution in [0.1, 0.15) is 42.0 Å². The molecule has 1 aliphatic rings. The fourth-order valence-electron chi connectivity index (χ4n) is 4.05. The molecule has 3 aromatic rings. The van der Waals surface area contributed by atoms with Gasteiger partial charge in [0.1, 0.15) is 11.6 Å². The third kappa shape index (κ3) is 4.18. The van der Waals surface area contributed by atoms with Crippen LogP contribution in [-0.2, 0) is 0 Å². The molecule has 154 valence electrons. The topological polar surface area (TPSA) is 44.3 Å². The van der Waals surface area contributed by atoms with Crippen molar-refractivity contribution in [2.75, 3.05) is 18.0 Å². The molecule has 0 saturated carbocycles. The molecule has 4 rings (SSSR count). The van der Waals surface area contributed by atoms with Gasteiger partial charge in [0.05, 0.1) is 24.0 Å². The van der Waals surface area contributed by atoms with Gasteiger partial charge >= 0.3 is 6.18 Å². The average Bonchev–Trinajstić information content (AvgIpc) is 3.16. The molecule has 0 amide bonds. The summed E-state index contributed by atoms with van der Waals surface area (Å²) in [5.41, 5.74) is 3.60. The van der Waals surface area contributed by atoms with Crippen LogP contribution in [0.2, 0.25) is 0 Å². The third-order valence-corrected chi connectivity index (χ3v) is 5.54. The van der Waals surface area contributed by atoms with Gasteiger partial charge in [0.15, 0.2) is 5.65 Å². The molecular weight excluding hydrogens is 389 g/mol. The fraction of sp³-hybridized carbons (Fsp3) is 0.304. The van der Waals surface area contributed by atoms with Gasteiger partial charge in [0.25, 0.3) is 0 Å². The Hall–Kier alpha value is -3.27. The molecule has 7 heteroatoms. The molecule has 2 aromatic heterocycles. The SMILES string of the molecule is N#Cc1c(N2CCC(c3ccccc3)CC2)ccn2c(C=CCC(F)(F)F)cnc12. The summed E-state index contributed by atoms with van der Waals surface area (Å²) in [5, 5.41) is 9.77. The molecule has 0 aliphatic carbocycles. The number of imidazole rings is 1. The van der Waals surface area contributed by atoms with Crippen LogP contribution in [0.3, 0.4) is 0 Å². The number of piperidine rings is 1. The van der Waals surface area contributed by atoms with Crippen molar-refractivity contribution in [2.24, 2.45) is 0 Å². The lowest BCUT2D eigenvalue weighted by Crippen LogP contribution is -2.33. The van der Waals surface area contributed by atoms with E-state index in [1.165, 1.54) is 17.8 Å². The Labute approximate surface area is 172 Å². The second-order valence-electron chi connectivity index (χ2n) is 7.46. The molecule has 30 heavy (non-hydrogen) atoms. The van der Waals surface area contributed by atoms with E-state index in [1.54, 1.807) is 10.6 Å². The minimum atomic E-state index is -4.24. The van der Waals surface area contributed by atoms with Crippen molar-refractivity contribution in [1.82, 2.24) is 9.38 Å². The van der Waals surface area contributed by atoms with Gasteiger partial charge in [-0.15, -0.1) is 0 Å². The summed E-state index contributed by atoms with van der Waals surface area (Å²) in [6.07, 6.45) is 2.48. The number of halogens is 3. The number of allylic oxidation sites excluding steroid dienone is 1. The number of aromatic nitrogens is 2. The van der Waals surface area contributed by atoms with Crippen molar-refractivity contribution in [3.8, 4) is 6.07 Å². The molecule has 1 fully saturated rings. The smallest absolute Gasteiger partial charge is 0.370 e. The standard InChI is InChI=1S/C23H21F3N4/c24-23(25,26)11-4-7-19-16-28-22-20(15-27)21(10-14-30(19)22)29-12-8-18(9-13-29)17-5-2-1-3-6-17/h1-7,10,14,16,18H,8-9,11-13H2. The molecule has 0 N–H and O–H groups in total. The molecule has 1 saturated heterocycles. The molecule has 0 bridgehead atoms. The highest BCUT2D eigenvalue weighted by Gasteiger charge is 2.25. The summed E-state index contributed by atoms with van der Waals surface area (Å²) in [5.74, 6) is 0.508. The van der Waals surface area contributed by atoms with E-state index in [9.17, 15) is 18.4 Å². The number of nitriles is 1. The Morgan fingerprint density at radius 1 is 1.13 bits per heavy atom. The van der Waals surface area contributed by atoms with Crippen molar-refractivity contribution in [3.63, 3.8) is 0 Å². The molecule has 1 aromatic carbocycles. The quantitative estimate of drug-likeness (QED) is 0.566. The molecule has 1 aliphatic heterocycles. The van der Waals surface area contributed by atoms with Crippen molar-refractivity contribution >= 4 is 17.4 Å². The molecule has 0 spiro atoms. The number of nitrogens with zero attached hydrogens (tertiary/aromatic N) is 4. The van der Waals surface area contributed by atoms with Crippen molar-refractivity contribution < 1.29 is 13.2 Å². The highest BCUT2D eigenvalue weighted by atomic mass is 19.4. The number of alkyl halides is 3. The minimum Gasteiger partial charge on any atom is -0.370 e. The first kappa shape index (κ1) is 20.0. The Morgan fingerprint density at radius 3 is 2.53 bits per heavy atom. The zero-order valence-corrected chi connectivity index (χ0v) is 16.3.